The van der Waals surface area contributed by atoms with Gasteiger partial charge >= 0.3 is 6.18 Å². The second-order valence-corrected chi connectivity index (χ2v) is 8.10. The normalized spacial score (nSPS) is 17.8. The molecule has 19 heavy (non-hydrogen) atoms. The van der Waals surface area contributed by atoms with Crippen LogP contribution in [-0.4, -0.2) is 6.18 Å². The molecule has 0 aliphatic heterocycles. The lowest BCUT2D eigenvalue weighted by Gasteiger charge is -2.37. The molecule has 0 aliphatic rings. The van der Waals surface area contributed by atoms with Gasteiger partial charge in [-0.15, -0.1) is 0 Å². The molecule has 3 heteroatoms. The third-order valence-electron chi connectivity index (χ3n) is 3.09. The summed E-state index contributed by atoms with van der Waals surface area (Å²) in [6.07, 6.45) is 0.514. The minimum absolute atomic E-state index is 0.0264. The Bertz CT molecular complexity index is 299. The van der Waals surface area contributed by atoms with Crippen LogP contribution in [0.4, 0.5) is 13.2 Å². The summed E-state index contributed by atoms with van der Waals surface area (Å²) in [4.78, 5) is 0. The van der Waals surface area contributed by atoms with Gasteiger partial charge in [0, 0.05) is 0 Å². The predicted octanol–water partition coefficient (Wildman–Crippen LogP) is 6.37. The predicted molar refractivity (Wildman–Crippen MR) is 76.1 cm³/mol. The molecule has 0 aromatic carbocycles. The van der Waals surface area contributed by atoms with Crippen molar-refractivity contribution in [3.05, 3.63) is 12.2 Å². The summed E-state index contributed by atoms with van der Waals surface area (Å²) >= 11 is 0. The fourth-order valence-corrected chi connectivity index (χ4v) is 2.34. The van der Waals surface area contributed by atoms with Crippen molar-refractivity contribution in [3.63, 3.8) is 0 Å². The standard InChI is InChI=1S/C16H29F3/c1-13(2,3)10-8-9-11-15(7,16(17,18)19)12-14(4,5)6/h8,10H,9,11-12H2,1-7H3/b10-8+/t15-/m0/s1. The molecule has 0 fully saturated rings. The maximum atomic E-state index is 13.3. The first-order chi connectivity index (χ1) is 8.16. The average molecular weight is 278 g/mol. The van der Waals surface area contributed by atoms with Crippen molar-refractivity contribution in [1.29, 1.82) is 0 Å². The molecule has 0 saturated heterocycles. The first-order valence-electron chi connectivity index (χ1n) is 6.91. The van der Waals surface area contributed by atoms with Crippen molar-refractivity contribution >= 4 is 0 Å². The van der Waals surface area contributed by atoms with Crippen LogP contribution in [0.5, 0.6) is 0 Å². The van der Waals surface area contributed by atoms with E-state index >= 15 is 0 Å². The van der Waals surface area contributed by atoms with E-state index in [-0.39, 0.29) is 23.7 Å². The van der Waals surface area contributed by atoms with Gasteiger partial charge in [0.1, 0.15) is 0 Å². The van der Waals surface area contributed by atoms with Crippen molar-refractivity contribution in [2.24, 2.45) is 16.2 Å². The van der Waals surface area contributed by atoms with Crippen molar-refractivity contribution in [1.82, 2.24) is 0 Å². The minimum Gasteiger partial charge on any atom is -0.171 e. The first kappa shape index (κ1) is 18.5. The first-order valence-corrected chi connectivity index (χ1v) is 6.91. The minimum atomic E-state index is -4.14. The van der Waals surface area contributed by atoms with Crippen LogP contribution < -0.4 is 0 Å². The Hall–Kier alpha value is -0.470. The molecule has 0 unspecified atom stereocenters. The molecule has 0 aromatic heterocycles. The lowest BCUT2D eigenvalue weighted by molar-refractivity contribution is -0.229. The second-order valence-electron chi connectivity index (χ2n) is 8.10. The largest absolute Gasteiger partial charge is 0.394 e. The van der Waals surface area contributed by atoms with Crippen molar-refractivity contribution < 1.29 is 13.2 Å². The van der Waals surface area contributed by atoms with Crippen LogP contribution in [0.3, 0.4) is 0 Å². The maximum absolute atomic E-state index is 13.3. The van der Waals surface area contributed by atoms with E-state index in [1.807, 2.05) is 53.7 Å². The van der Waals surface area contributed by atoms with Crippen LogP contribution in [-0.2, 0) is 0 Å². The third kappa shape index (κ3) is 7.64. The van der Waals surface area contributed by atoms with Crippen molar-refractivity contribution in [2.45, 2.75) is 73.9 Å². The zero-order valence-corrected chi connectivity index (χ0v) is 13.4. The Morgan fingerprint density at radius 1 is 0.842 bits per heavy atom. The lowest BCUT2D eigenvalue weighted by atomic mass is 9.72. The van der Waals surface area contributed by atoms with Crippen LogP contribution in [0.15, 0.2) is 12.2 Å². The van der Waals surface area contributed by atoms with E-state index in [2.05, 4.69) is 0 Å². The zero-order valence-electron chi connectivity index (χ0n) is 13.4. The van der Waals surface area contributed by atoms with Crippen LogP contribution >= 0.6 is 0 Å². The molecule has 0 aromatic rings. The smallest absolute Gasteiger partial charge is 0.171 e. The average Bonchev–Trinajstić information content (AvgIpc) is 2.06. The number of hydrogen-bond acceptors (Lipinski definition) is 0. The number of rotatable bonds is 4. The van der Waals surface area contributed by atoms with E-state index in [1.54, 1.807) is 0 Å². The van der Waals surface area contributed by atoms with E-state index in [0.29, 0.717) is 6.42 Å². The molecular formula is C16H29F3. The van der Waals surface area contributed by atoms with Gasteiger partial charge in [-0.1, -0.05) is 60.6 Å². The summed E-state index contributed by atoms with van der Waals surface area (Å²) in [5, 5.41) is 0. The van der Waals surface area contributed by atoms with Gasteiger partial charge in [-0.05, 0) is 30.1 Å². The molecule has 0 aliphatic carbocycles. The van der Waals surface area contributed by atoms with E-state index < -0.39 is 11.6 Å². The molecule has 0 heterocycles. The summed E-state index contributed by atoms with van der Waals surface area (Å²) in [7, 11) is 0. The van der Waals surface area contributed by atoms with Gasteiger partial charge in [-0.2, -0.15) is 13.2 Å². The Balaban J connectivity index is 4.77. The fraction of sp³-hybridized carbons (Fsp3) is 0.875. The lowest BCUT2D eigenvalue weighted by Crippen LogP contribution is -2.38. The van der Waals surface area contributed by atoms with Gasteiger partial charge in [0.25, 0.3) is 0 Å². The summed E-state index contributed by atoms with van der Waals surface area (Å²) in [5.41, 5.74) is -1.90. The molecule has 0 radical (unpaired) electrons. The van der Waals surface area contributed by atoms with E-state index in [0.717, 1.165) is 0 Å². The molecule has 0 spiro atoms. The number of allylic oxidation sites excluding steroid dienone is 2. The number of alkyl halides is 3. The van der Waals surface area contributed by atoms with E-state index in [9.17, 15) is 13.2 Å². The molecule has 1 atom stereocenters. The van der Waals surface area contributed by atoms with Gasteiger partial charge in [-0.3, -0.25) is 0 Å². The number of halogens is 3. The SMILES string of the molecule is CC(C)(C)/C=C/CC[C@@](C)(CC(C)(C)C)C(F)(F)F. The van der Waals surface area contributed by atoms with Gasteiger partial charge < -0.3 is 0 Å². The van der Waals surface area contributed by atoms with Gasteiger partial charge in [0.15, 0.2) is 0 Å². The second kappa shape index (κ2) is 5.88. The van der Waals surface area contributed by atoms with Crippen LogP contribution in [0.1, 0.15) is 67.7 Å². The Kier molecular flexibility index (Phi) is 5.74. The molecule has 0 rings (SSSR count). The molecule has 0 nitrogen and oxygen atoms in total. The monoisotopic (exact) mass is 278 g/mol. The van der Waals surface area contributed by atoms with Gasteiger partial charge in [-0.25, -0.2) is 0 Å². The van der Waals surface area contributed by atoms with Gasteiger partial charge in [0.05, 0.1) is 5.41 Å². The Morgan fingerprint density at radius 2 is 1.32 bits per heavy atom. The van der Waals surface area contributed by atoms with Crippen LogP contribution in [0.25, 0.3) is 0 Å². The molecular weight excluding hydrogens is 249 g/mol. The highest BCUT2D eigenvalue weighted by atomic mass is 19.4. The van der Waals surface area contributed by atoms with Gasteiger partial charge in [0.2, 0.25) is 0 Å². The highest BCUT2D eigenvalue weighted by Gasteiger charge is 2.51. The van der Waals surface area contributed by atoms with Crippen LogP contribution in [0, 0.1) is 16.2 Å². The molecule has 0 amide bonds. The molecule has 114 valence electrons. The summed E-state index contributed by atoms with van der Waals surface area (Å²) < 4.78 is 39.8. The van der Waals surface area contributed by atoms with Crippen molar-refractivity contribution in [2.75, 3.05) is 0 Å². The van der Waals surface area contributed by atoms with Crippen LogP contribution in [0.2, 0.25) is 0 Å². The highest BCUT2D eigenvalue weighted by molar-refractivity contribution is 4.95. The molecule has 0 bridgehead atoms. The summed E-state index contributed by atoms with van der Waals surface area (Å²) in [6.45, 7) is 13.1. The third-order valence-corrected chi connectivity index (χ3v) is 3.09. The molecule has 0 N–H and O–H groups in total. The van der Waals surface area contributed by atoms with E-state index in [1.165, 1.54) is 6.92 Å². The Morgan fingerprint density at radius 3 is 1.63 bits per heavy atom. The summed E-state index contributed by atoms with van der Waals surface area (Å²) in [6, 6.07) is 0. The highest BCUT2D eigenvalue weighted by Crippen LogP contribution is 2.49. The Labute approximate surface area is 116 Å². The fourth-order valence-electron chi connectivity index (χ4n) is 2.34. The van der Waals surface area contributed by atoms with E-state index in [4.69, 9.17) is 0 Å². The quantitative estimate of drug-likeness (QED) is 0.524. The molecule has 0 saturated carbocycles. The van der Waals surface area contributed by atoms with Crippen molar-refractivity contribution in [3.8, 4) is 0 Å². The summed E-state index contributed by atoms with van der Waals surface area (Å²) in [5.74, 6) is 0. The zero-order chi connectivity index (χ0) is 15.5. The topological polar surface area (TPSA) is 0 Å². The maximum Gasteiger partial charge on any atom is 0.394 e. The number of hydrogen-bond donors (Lipinski definition) is 0.